The van der Waals surface area contributed by atoms with E-state index in [9.17, 15) is 9.90 Å². The summed E-state index contributed by atoms with van der Waals surface area (Å²) in [7, 11) is 0. The minimum absolute atomic E-state index is 0.138. The number of fused-ring (bicyclic) bond motifs is 1. The van der Waals surface area contributed by atoms with E-state index in [0.29, 0.717) is 24.2 Å². The van der Waals surface area contributed by atoms with Crippen molar-refractivity contribution < 1.29 is 9.84 Å². The van der Waals surface area contributed by atoms with Gasteiger partial charge in [0, 0.05) is 25.0 Å². The zero-order valence-corrected chi connectivity index (χ0v) is 19.3. The third-order valence-corrected chi connectivity index (χ3v) is 5.96. The van der Waals surface area contributed by atoms with Crippen LogP contribution < -0.4 is 15.2 Å². The Morgan fingerprint density at radius 3 is 2.66 bits per heavy atom. The average molecular weight is 439 g/mol. The molecule has 3 heterocycles. The van der Waals surface area contributed by atoms with Gasteiger partial charge >= 0.3 is 0 Å². The molecule has 1 unspecified atom stereocenters. The summed E-state index contributed by atoms with van der Waals surface area (Å²) < 4.78 is 9.50. The fraction of sp³-hybridized carbons (Fsp3) is 0.520. The van der Waals surface area contributed by atoms with E-state index in [-0.39, 0.29) is 5.56 Å². The summed E-state index contributed by atoms with van der Waals surface area (Å²) in [6.45, 7) is 8.50. The van der Waals surface area contributed by atoms with Crippen molar-refractivity contribution in [3.05, 3.63) is 46.9 Å². The van der Waals surface area contributed by atoms with Crippen LogP contribution in [-0.2, 0) is 6.54 Å². The molecule has 3 aromatic rings. The maximum Gasteiger partial charge on any atom is 0.262 e. The van der Waals surface area contributed by atoms with E-state index in [1.807, 2.05) is 23.2 Å². The maximum atomic E-state index is 12.8. The molecular formula is C25H34N4O3. The SMILES string of the molecule is CCCCCn1c(-c2ccc(N3CCCC3O)cc2)cn2c(=O)cc(OCC(C)C)nc12. The third-order valence-electron chi connectivity index (χ3n) is 5.96. The predicted molar refractivity (Wildman–Crippen MR) is 127 cm³/mol. The number of nitrogens with zero attached hydrogens (tertiary/aromatic N) is 4. The molecule has 32 heavy (non-hydrogen) atoms. The zero-order valence-electron chi connectivity index (χ0n) is 19.3. The van der Waals surface area contributed by atoms with E-state index in [1.54, 1.807) is 4.40 Å². The molecule has 1 aliphatic heterocycles. The van der Waals surface area contributed by atoms with E-state index >= 15 is 0 Å². The normalized spacial score (nSPS) is 16.4. The predicted octanol–water partition coefficient (Wildman–Crippen LogP) is 4.31. The Morgan fingerprint density at radius 2 is 2.00 bits per heavy atom. The van der Waals surface area contributed by atoms with Gasteiger partial charge in [-0.25, -0.2) is 0 Å². The summed E-state index contributed by atoms with van der Waals surface area (Å²) in [5, 5.41) is 10.2. The van der Waals surface area contributed by atoms with E-state index in [1.165, 1.54) is 6.07 Å². The summed E-state index contributed by atoms with van der Waals surface area (Å²) in [5.74, 6) is 1.35. The Bertz CT molecular complexity index is 1100. The summed E-state index contributed by atoms with van der Waals surface area (Å²) in [6.07, 6.45) is 6.53. The van der Waals surface area contributed by atoms with Crippen LogP contribution in [0.15, 0.2) is 41.3 Å². The van der Waals surface area contributed by atoms with Gasteiger partial charge in [-0.05, 0) is 42.9 Å². The molecule has 2 aromatic heterocycles. The molecule has 0 amide bonds. The number of rotatable bonds is 9. The second-order valence-corrected chi connectivity index (χ2v) is 9.04. The molecule has 172 valence electrons. The minimum Gasteiger partial charge on any atom is -0.477 e. The molecule has 1 aromatic carbocycles. The van der Waals surface area contributed by atoms with Crippen LogP contribution in [0.5, 0.6) is 5.88 Å². The molecule has 1 fully saturated rings. The van der Waals surface area contributed by atoms with E-state index in [2.05, 4.69) is 42.5 Å². The first-order valence-corrected chi connectivity index (χ1v) is 11.8. The molecule has 1 N–H and O–H groups in total. The second kappa shape index (κ2) is 9.77. The van der Waals surface area contributed by atoms with Crippen LogP contribution in [-0.4, -0.2) is 38.4 Å². The second-order valence-electron chi connectivity index (χ2n) is 9.04. The van der Waals surface area contributed by atoms with Gasteiger partial charge in [0.25, 0.3) is 5.56 Å². The maximum absolute atomic E-state index is 12.8. The Labute approximate surface area is 189 Å². The van der Waals surface area contributed by atoms with Crippen molar-refractivity contribution in [3.8, 4) is 17.1 Å². The highest BCUT2D eigenvalue weighted by atomic mass is 16.5. The fourth-order valence-electron chi connectivity index (χ4n) is 4.24. The molecule has 0 bridgehead atoms. The molecule has 4 rings (SSSR count). The standard InChI is InChI=1S/C25H34N4O3/c1-4-5-6-13-28-21(19-9-11-20(12-10-19)27-14-7-8-23(27)30)16-29-24(31)15-22(26-25(28)29)32-17-18(2)3/h9-12,15-16,18,23,30H,4-8,13-14,17H2,1-3H3. The van der Waals surface area contributed by atoms with Gasteiger partial charge in [-0.2, -0.15) is 4.98 Å². The monoisotopic (exact) mass is 438 g/mol. The van der Waals surface area contributed by atoms with Gasteiger partial charge in [0.05, 0.1) is 18.4 Å². The van der Waals surface area contributed by atoms with Crippen LogP contribution in [0.25, 0.3) is 17.0 Å². The number of hydrogen-bond acceptors (Lipinski definition) is 5. The number of aryl methyl sites for hydroxylation is 1. The number of aromatic nitrogens is 3. The summed E-state index contributed by atoms with van der Waals surface area (Å²) >= 11 is 0. The van der Waals surface area contributed by atoms with E-state index < -0.39 is 6.23 Å². The molecule has 1 aliphatic rings. The Morgan fingerprint density at radius 1 is 1.22 bits per heavy atom. The number of hydrogen-bond donors (Lipinski definition) is 1. The van der Waals surface area contributed by atoms with Crippen LogP contribution in [0.1, 0.15) is 52.9 Å². The number of ether oxygens (including phenoxy) is 1. The number of imidazole rings is 1. The number of anilines is 1. The van der Waals surface area contributed by atoms with Gasteiger partial charge in [-0.3, -0.25) is 9.20 Å². The first-order chi connectivity index (χ1) is 15.5. The highest BCUT2D eigenvalue weighted by Gasteiger charge is 2.22. The molecular weight excluding hydrogens is 404 g/mol. The fourth-order valence-corrected chi connectivity index (χ4v) is 4.24. The van der Waals surface area contributed by atoms with Crippen molar-refractivity contribution in [2.45, 2.75) is 65.6 Å². The lowest BCUT2D eigenvalue weighted by Crippen LogP contribution is -2.28. The van der Waals surface area contributed by atoms with Crippen molar-refractivity contribution in [3.63, 3.8) is 0 Å². The highest BCUT2D eigenvalue weighted by Crippen LogP contribution is 2.29. The molecule has 0 aliphatic carbocycles. The first-order valence-electron chi connectivity index (χ1n) is 11.8. The van der Waals surface area contributed by atoms with Gasteiger partial charge in [0.2, 0.25) is 11.7 Å². The number of benzene rings is 1. The molecule has 0 radical (unpaired) electrons. The van der Waals surface area contributed by atoms with Crippen LogP contribution >= 0.6 is 0 Å². The quantitative estimate of drug-likeness (QED) is 0.504. The van der Waals surface area contributed by atoms with E-state index in [0.717, 1.165) is 62.1 Å². The smallest absolute Gasteiger partial charge is 0.262 e. The molecule has 7 nitrogen and oxygen atoms in total. The van der Waals surface area contributed by atoms with Crippen molar-refractivity contribution >= 4 is 11.5 Å². The Kier molecular flexibility index (Phi) is 6.84. The van der Waals surface area contributed by atoms with Crippen LogP contribution in [0.2, 0.25) is 0 Å². The van der Waals surface area contributed by atoms with Gasteiger partial charge in [-0.15, -0.1) is 0 Å². The van der Waals surface area contributed by atoms with Crippen LogP contribution in [0, 0.1) is 5.92 Å². The van der Waals surface area contributed by atoms with E-state index in [4.69, 9.17) is 4.74 Å². The first kappa shape index (κ1) is 22.4. The van der Waals surface area contributed by atoms with Gasteiger partial charge < -0.3 is 19.3 Å². The Balaban J connectivity index is 1.73. The van der Waals surface area contributed by atoms with Crippen molar-refractivity contribution in [1.29, 1.82) is 0 Å². The highest BCUT2D eigenvalue weighted by molar-refractivity contribution is 5.66. The summed E-state index contributed by atoms with van der Waals surface area (Å²) in [5.41, 5.74) is 2.86. The zero-order chi connectivity index (χ0) is 22.7. The van der Waals surface area contributed by atoms with Crippen molar-refractivity contribution in [2.24, 2.45) is 5.92 Å². The lowest BCUT2D eigenvalue weighted by atomic mass is 10.1. The molecule has 1 saturated heterocycles. The van der Waals surface area contributed by atoms with Crippen LogP contribution in [0.4, 0.5) is 5.69 Å². The molecule has 7 heteroatoms. The van der Waals surface area contributed by atoms with Gasteiger partial charge in [-0.1, -0.05) is 45.7 Å². The largest absolute Gasteiger partial charge is 0.477 e. The molecule has 1 atom stereocenters. The van der Waals surface area contributed by atoms with Gasteiger partial charge in [0.15, 0.2) is 0 Å². The lowest BCUT2D eigenvalue weighted by Gasteiger charge is -2.22. The number of aliphatic hydroxyl groups is 1. The minimum atomic E-state index is -0.409. The number of unbranched alkanes of at least 4 members (excludes halogenated alkanes) is 2. The van der Waals surface area contributed by atoms with Crippen molar-refractivity contribution in [2.75, 3.05) is 18.1 Å². The van der Waals surface area contributed by atoms with Crippen LogP contribution in [0.3, 0.4) is 0 Å². The topological polar surface area (TPSA) is 72.0 Å². The summed E-state index contributed by atoms with van der Waals surface area (Å²) in [4.78, 5) is 19.5. The number of aliphatic hydroxyl groups excluding tert-OH is 1. The third kappa shape index (κ3) is 4.67. The average Bonchev–Trinajstić information content (AvgIpc) is 3.37. The van der Waals surface area contributed by atoms with Crippen molar-refractivity contribution in [1.82, 2.24) is 14.0 Å². The molecule has 0 saturated carbocycles. The summed E-state index contributed by atoms with van der Waals surface area (Å²) in [6, 6.07) is 9.68. The Hall–Kier alpha value is -2.80. The lowest BCUT2D eigenvalue weighted by molar-refractivity contribution is 0.186. The molecule has 0 spiro atoms. The van der Waals surface area contributed by atoms with Gasteiger partial charge in [0.1, 0.15) is 6.23 Å².